The molecule has 2 N–H and O–H groups in total. The number of benzene rings is 3. The minimum absolute atomic E-state index is 0.0463. The van der Waals surface area contributed by atoms with E-state index in [4.69, 9.17) is 23.7 Å². The Labute approximate surface area is 378 Å². The number of aryl methyl sites for hydroxylation is 1. The van der Waals surface area contributed by atoms with Gasteiger partial charge in [0.2, 0.25) is 17.7 Å². The lowest BCUT2D eigenvalue weighted by atomic mass is 9.83. The maximum absolute atomic E-state index is 14.9. The first-order valence-corrected chi connectivity index (χ1v) is 22.5. The molecular formula is C50H68N4O10. The third-order valence-electron chi connectivity index (χ3n) is 11.4. The summed E-state index contributed by atoms with van der Waals surface area (Å²) in [5.74, 6) is -0.869. The number of carbonyl (C=O) groups is 5. The Morgan fingerprint density at radius 1 is 0.828 bits per heavy atom. The first kappa shape index (κ1) is 49.5. The summed E-state index contributed by atoms with van der Waals surface area (Å²) in [4.78, 5) is 70.9. The molecule has 0 saturated carbocycles. The Morgan fingerprint density at radius 2 is 1.52 bits per heavy atom. The zero-order chi connectivity index (χ0) is 46.4. The van der Waals surface area contributed by atoms with Crippen LogP contribution in [-0.4, -0.2) is 103 Å². The second-order valence-electron chi connectivity index (χ2n) is 18.7. The molecule has 0 aromatic heterocycles. The molecule has 1 heterocycles. The van der Waals surface area contributed by atoms with Crippen molar-refractivity contribution in [1.82, 2.24) is 20.4 Å². The van der Waals surface area contributed by atoms with Gasteiger partial charge in [-0.15, -0.1) is 0 Å². The van der Waals surface area contributed by atoms with Crippen molar-refractivity contribution in [1.29, 1.82) is 0 Å². The second-order valence-corrected chi connectivity index (χ2v) is 18.7. The SMILES string of the molecule is C[C@@H](C(=O)N[C@H](C(=O)N1Cc2cc(OCCOCCOCCCC(=O)OC(C)(C)C)ccc2C[C@H]1C(=O)N[C@@H]1CCCc2ccccc21)C(C)(C)C)N(C)C(=O)OCc1ccccc1. The number of fused-ring (bicyclic) bond motifs is 2. The van der Waals surface area contributed by atoms with E-state index in [1.807, 2.05) is 102 Å². The van der Waals surface area contributed by atoms with Crippen LogP contribution in [0.15, 0.2) is 72.8 Å². The second kappa shape index (κ2) is 22.9. The summed E-state index contributed by atoms with van der Waals surface area (Å²) in [6.07, 6.45) is 3.10. The summed E-state index contributed by atoms with van der Waals surface area (Å²) >= 11 is 0. The van der Waals surface area contributed by atoms with E-state index in [1.54, 1.807) is 11.8 Å². The molecule has 4 amide bonds. The first-order chi connectivity index (χ1) is 30.4. The van der Waals surface area contributed by atoms with Gasteiger partial charge in [0.25, 0.3) is 0 Å². The third kappa shape index (κ3) is 14.5. The number of likely N-dealkylation sites (N-methyl/N-ethyl adjacent to an activating group) is 1. The van der Waals surface area contributed by atoms with E-state index in [9.17, 15) is 24.0 Å². The third-order valence-corrected chi connectivity index (χ3v) is 11.4. The van der Waals surface area contributed by atoms with Crippen molar-refractivity contribution < 1.29 is 47.7 Å². The lowest BCUT2D eigenvalue weighted by Crippen LogP contribution is -2.62. The number of hydrogen-bond donors (Lipinski definition) is 2. The lowest BCUT2D eigenvalue weighted by molar-refractivity contribution is -0.155. The fourth-order valence-electron chi connectivity index (χ4n) is 7.77. The Morgan fingerprint density at radius 3 is 2.23 bits per heavy atom. The van der Waals surface area contributed by atoms with Gasteiger partial charge in [-0.3, -0.25) is 24.1 Å². The zero-order valence-corrected chi connectivity index (χ0v) is 38.9. The van der Waals surface area contributed by atoms with Gasteiger partial charge in [-0.25, -0.2) is 4.79 Å². The molecule has 0 bridgehead atoms. The summed E-state index contributed by atoms with van der Waals surface area (Å²) in [6, 6.07) is 20.0. The molecule has 64 heavy (non-hydrogen) atoms. The van der Waals surface area contributed by atoms with E-state index in [0.717, 1.165) is 41.5 Å². The number of ether oxygens (including phenoxy) is 5. The molecule has 14 nitrogen and oxygen atoms in total. The smallest absolute Gasteiger partial charge is 0.410 e. The van der Waals surface area contributed by atoms with E-state index in [2.05, 4.69) is 22.8 Å². The number of esters is 1. The molecular weight excluding hydrogens is 817 g/mol. The molecule has 5 rings (SSSR count). The number of hydrogen-bond acceptors (Lipinski definition) is 10. The van der Waals surface area contributed by atoms with Crippen LogP contribution in [0.5, 0.6) is 5.75 Å². The van der Waals surface area contributed by atoms with Crippen LogP contribution in [0.3, 0.4) is 0 Å². The maximum atomic E-state index is 14.9. The van der Waals surface area contributed by atoms with E-state index >= 15 is 0 Å². The van der Waals surface area contributed by atoms with Gasteiger partial charge >= 0.3 is 12.1 Å². The fourth-order valence-corrected chi connectivity index (χ4v) is 7.77. The molecule has 14 heteroatoms. The number of nitrogens with one attached hydrogen (secondary N) is 2. The number of rotatable bonds is 19. The molecule has 0 saturated heterocycles. The summed E-state index contributed by atoms with van der Waals surface area (Å²) < 4.78 is 28.1. The topological polar surface area (TPSA) is 162 Å². The highest BCUT2D eigenvalue weighted by Gasteiger charge is 2.43. The van der Waals surface area contributed by atoms with E-state index < -0.39 is 47.0 Å². The molecule has 348 valence electrons. The van der Waals surface area contributed by atoms with Gasteiger partial charge in [0.15, 0.2) is 0 Å². The van der Waals surface area contributed by atoms with Crippen LogP contribution in [0, 0.1) is 5.41 Å². The van der Waals surface area contributed by atoms with Crippen LogP contribution in [0.4, 0.5) is 4.79 Å². The Hall–Kier alpha value is -5.47. The minimum atomic E-state index is -1.05. The monoisotopic (exact) mass is 884 g/mol. The van der Waals surface area contributed by atoms with Crippen molar-refractivity contribution in [2.75, 3.05) is 40.1 Å². The number of nitrogens with zero attached hydrogens (tertiary/aromatic N) is 2. The Bertz CT molecular complexity index is 2050. The normalized spacial score (nSPS) is 16.9. The van der Waals surface area contributed by atoms with Crippen molar-refractivity contribution in [2.45, 2.75) is 130 Å². The van der Waals surface area contributed by atoms with E-state index in [1.165, 1.54) is 17.5 Å². The van der Waals surface area contributed by atoms with Gasteiger partial charge in [0.05, 0.1) is 25.9 Å². The number of amides is 4. The Kier molecular flexibility index (Phi) is 17.8. The van der Waals surface area contributed by atoms with E-state index in [-0.39, 0.29) is 44.1 Å². The average Bonchev–Trinajstić information content (AvgIpc) is 3.26. The van der Waals surface area contributed by atoms with Crippen LogP contribution < -0.4 is 15.4 Å². The van der Waals surface area contributed by atoms with Crippen molar-refractivity contribution >= 4 is 29.8 Å². The average molecular weight is 885 g/mol. The summed E-state index contributed by atoms with van der Waals surface area (Å²) in [7, 11) is 1.48. The predicted molar refractivity (Wildman–Crippen MR) is 242 cm³/mol. The summed E-state index contributed by atoms with van der Waals surface area (Å²) in [5, 5.41) is 6.23. The molecule has 3 aromatic carbocycles. The summed E-state index contributed by atoms with van der Waals surface area (Å²) in [6.45, 7) is 14.6. The van der Waals surface area contributed by atoms with Crippen LogP contribution >= 0.6 is 0 Å². The lowest BCUT2D eigenvalue weighted by Gasteiger charge is -2.42. The highest BCUT2D eigenvalue weighted by atomic mass is 16.6. The molecule has 0 radical (unpaired) electrons. The standard InChI is InChI=1S/C50H68N4O10/c1-34(53(8)48(59)63-33-35-16-10-9-11-17-35)45(56)52-44(49(2,3)4)47(58)54-32-38-30-39(62-29-28-61-27-26-60-25-15-22-43(55)64-50(5,6)7)24-23-37(38)31-42(54)46(57)51-41-21-14-19-36-18-12-13-20-40(36)41/h9-13,16-18,20,23-24,30,34,41-42,44H,14-15,19,21-22,25-29,31-33H2,1-8H3,(H,51,57)(H,52,56)/t34-,41+,42-,44+/m0/s1. The highest BCUT2D eigenvalue weighted by Crippen LogP contribution is 2.33. The molecule has 1 aliphatic carbocycles. The van der Waals surface area contributed by atoms with Gasteiger partial charge in [-0.05, 0) is 98.7 Å². The minimum Gasteiger partial charge on any atom is -0.491 e. The quantitative estimate of drug-likeness (QED) is 0.0962. The number of carbonyl (C=O) groups excluding carboxylic acids is 5. The Balaban J connectivity index is 1.24. The zero-order valence-electron chi connectivity index (χ0n) is 38.9. The van der Waals surface area contributed by atoms with Crippen LogP contribution in [-0.2, 0) is 64.1 Å². The van der Waals surface area contributed by atoms with Gasteiger partial charge < -0.3 is 39.2 Å². The largest absolute Gasteiger partial charge is 0.491 e. The van der Waals surface area contributed by atoms with Crippen LogP contribution in [0.2, 0.25) is 0 Å². The fraction of sp³-hybridized carbons (Fsp3) is 0.540. The van der Waals surface area contributed by atoms with Gasteiger partial charge in [0.1, 0.15) is 42.7 Å². The van der Waals surface area contributed by atoms with Crippen molar-refractivity contribution in [3.63, 3.8) is 0 Å². The van der Waals surface area contributed by atoms with Crippen molar-refractivity contribution in [3.05, 3.63) is 101 Å². The highest BCUT2D eigenvalue weighted by molar-refractivity contribution is 5.94. The van der Waals surface area contributed by atoms with Gasteiger partial charge in [-0.2, -0.15) is 0 Å². The van der Waals surface area contributed by atoms with E-state index in [0.29, 0.717) is 45.0 Å². The van der Waals surface area contributed by atoms with Crippen molar-refractivity contribution in [2.24, 2.45) is 5.41 Å². The molecule has 0 fully saturated rings. The van der Waals surface area contributed by atoms with Gasteiger partial charge in [-0.1, -0.05) is 81.4 Å². The first-order valence-electron chi connectivity index (χ1n) is 22.5. The molecule has 3 aromatic rings. The van der Waals surface area contributed by atoms with Crippen LogP contribution in [0.25, 0.3) is 0 Å². The van der Waals surface area contributed by atoms with Gasteiger partial charge in [0, 0.05) is 33.0 Å². The molecule has 2 aliphatic rings. The molecule has 1 aliphatic heterocycles. The van der Waals surface area contributed by atoms with Crippen LogP contribution in [0.1, 0.15) is 108 Å². The van der Waals surface area contributed by atoms with Crippen molar-refractivity contribution in [3.8, 4) is 5.75 Å². The summed E-state index contributed by atoms with van der Waals surface area (Å²) in [5.41, 5.74) is 3.56. The predicted octanol–water partition coefficient (Wildman–Crippen LogP) is 6.86. The maximum Gasteiger partial charge on any atom is 0.410 e. The molecule has 0 spiro atoms. The molecule has 0 unspecified atom stereocenters. The molecule has 4 atom stereocenters.